The molecule has 6 nitrogen and oxygen atoms in total. The first-order valence-corrected chi connectivity index (χ1v) is 5.88. The molecule has 0 bridgehead atoms. The smallest absolute Gasteiger partial charge is 0.269 e. The summed E-state index contributed by atoms with van der Waals surface area (Å²) in [6.45, 7) is 4.25. The molecule has 0 fully saturated rings. The number of carbonyl (C=O) groups is 1. The average Bonchev–Trinajstić information content (AvgIpc) is 2.38. The first-order valence-electron chi connectivity index (χ1n) is 5.88. The largest absolute Gasteiger partial charge is 0.351 e. The lowest BCUT2D eigenvalue weighted by atomic mass is 10.2. The molecule has 1 amide bonds. The molecule has 0 heterocycles. The molecule has 0 spiro atoms. The molecule has 7 heteroatoms. The van der Waals surface area contributed by atoms with E-state index in [0.29, 0.717) is 18.7 Å². The van der Waals surface area contributed by atoms with Gasteiger partial charge in [-0.2, -0.15) is 0 Å². The minimum atomic E-state index is -0.490. The van der Waals surface area contributed by atoms with Crippen molar-refractivity contribution in [3.05, 3.63) is 39.9 Å². The van der Waals surface area contributed by atoms with Crippen molar-refractivity contribution in [1.29, 1.82) is 0 Å². The number of nitrogens with one attached hydrogen (secondary N) is 2. The molecule has 19 heavy (non-hydrogen) atoms. The Labute approximate surface area is 118 Å². The molecule has 0 atom stereocenters. The zero-order chi connectivity index (χ0) is 13.4. The number of nitro benzene ring substituents is 1. The van der Waals surface area contributed by atoms with Crippen LogP contribution in [0.4, 0.5) is 5.69 Å². The van der Waals surface area contributed by atoms with Crippen LogP contribution in [0.3, 0.4) is 0 Å². The maximum atomic E-state index is 11.6. The fourth-order valence-corrected chi connectivity index (χ4v) is 1.40. The Hall–Kier alpha value is -1.66. The van der Waals surface area contributed by atoms with Crippen molar-refractivity contribution in [2.75, 3.05) is 19.6 Å². The molecule has 0 radical (unpaired) electrons. The van der Waals surface area contributed by atoms with E-state index in [9.17, 15) is 14.9 Å². The monoisotopic (exact) mass is 287 g/mol. The SMILES string of the molecule is CCCNCCNC(=O)c1ccc([N+](=O)[O-])cc1.Cl. The maximum absolute atomic E-state index is 11.6. The maximum Gasteiger partial charge on any atom is 0.269 e. The molecule has 0 aliphatic heterocycles. The van der Waals surface area contributed by atoms with Crippen LogP contribution in [0.15, 0.2) is 24.3 Å². The van der Waals surface area contributed by atoms with E-state index in [0.717, 1.165) is 13.0 Å². The molecule has 2 N–H and O–H groups in total. The Morgan fingerprint density at radius 1 is 1.21 bits per heavy atom. The highest BCUT2D eigenvalue weighted by atomic mass is 35.5. The Morgan fingerprint density at radius 2 is 1.84 bits per heavy atom. The molecule has 1 rings (SSSR count). The first kappa shape index (κ1) is 17.3. The summed E-state index contributed by atoms with van der Waals surface area (Å²) < 4.78 is 0. The van der Waals surface area contributed by atoms with Crippen LogP contribution in [0.2, 0.25) is 0 Å². The van der Waals surface area contributed by atoms with E-state index < -0.39 is 4.92 Å². The van der Waals surface area contributed by atoms with Crippen molar-refractivity contribution >= 4 is 24.0 Å². The fourth-order valence-electron chi connectivity index (χ4n) is 1.40. The van der Waals surface area contributed by atoms with Crippen LogP contribution in [0.25, 0.3) is 0 Å². The highest BCUT2D eigenvalue weighted by Crippen LogP contribution is 2.11. The van der Waals surface area contributed by atoms with Crippen molar-refractivity contribution in [2.24, 2.45) is 0 Å². The third-order valence-corrected chi connectivity index (χ3v) is 2.35. The summed E-state index contributed by atoms with van der Waals surface area (Å²) in [6, 6.07) is 5.55. The summed E-state index contributed by atoms with van der Waals surface area (Å²) in [5.74, 6) is -0.219. The molecule has 1 aromatic rings. The van der Waals surface area contributed by atoms with Crippen LogP contribution in [0.5, 0.6) is 0 Å². The van der Waals surface area contributed by atoms with Gasteiger partial charge in [-0.25, -0.2) is 0 Å². The van der Waals surface area contributed by atoms with Gasteiger partial charge in [0.15, 0.2) is 0 Å². The number of carbonyl (C=O) groups excluding carboxylic acids is 1. The van der Waals surface area contributed by atoms with E-state index in [2.05, 4.69) is 17.6 Å². The van der Waals surface area contributed by atoms with Crippen molar-refractivity contribution < 1.29 is 9.72 Å². The number of hydrogen-bond acceptors (Lipinski definition) is 4. The van der Waals surface area contributed by atoms with Gasteiger partial charge in [0, 0.05) is 30.8 Å². The molecule has 0 saturated heterocycles. The van der Waals surface area contributed by atoms with E-state index >= 15 is 0 Å². The van der Waals surface area contributed by atoms with Gasteiger partial charge in [0.1, 0.15) is 0 Å². The Balaban J connectivity index is 0.00000324. The van der Waals surface area contributed by atoms with Crippen LogP contribution in [-0.2, 0) is 0 Å². The highest BCUT2D eigenvalue weighted by molar-refractivity contribution is 5.94. The zero-order valence-electron chi connectivity index (χ0n) is 10.7. The van der Waals surface area contributed by atoms with Gasteiger partial charge < -0.3 is 10.6 Å². The van der Waals surface area contributed by atoms with Crippen molar-refractivity contribution in [3.63, 3.8) is 0 Å². The van der Waals surface area contributed by atoms with Gasteiger partial charge in [0.05, 0.1) is 4.92 Å². The lowest BCUT2D eigenvalue weighted by Crippen LogP contribution is -2.32. The molecule has 0 aliphatic carbocycles. The van der Waals surface area contributed by atoms with E-state index in [1.165, 1.54) is 24.3 Å². The van der Waals surface area contributed by atoms with Crippen molar-refractivity contribution in [1.82, 2.24) is 10.6 Å². The van der Waals surface area contributed by atoms with Gasteiger partial charge >= 0.3 is 0 Å². The molecule has 1 aromatic carbocycles. The van der Waals surface area contributed by atoms with Crippen LogP contribution in [0, 0.1) is 10.1 Å². The van der Waals surface area contributed by atoms with Crippen LogP contribution < -0.4 is 10.6 Å². The fraction of sp³-hybridized carbons (Fsp3) is 0.417. The lowest BCUT2D eigenvalue weighted by Gasteiger charge is -2.05. The molecule has 0 unspecified atom stereocenters. The standard InChI is InChI=1S/C12H17N3O3.ClH/c1-2-7-13-8-9-14-12(16)10-3-5-11(6-4-10)15(17)18;/h3-6,13H,2,7-9H2,1H3,(H,14,16);1H. The second kappa shape index (κ2) is 9.29. The number of non-ortho nitro benzene ring substituents is 1. The normalized spacial score (nSPS) is 9.53. The van der Waals surface area contributed by atoms with Gasteiger partial charge in [-0.15, -0.1) is 12.4 Å². The van der Waals surface area contributed by atoms with Gasteiger partial charge in [-0.3, -0.25) is 14.9 Å². The number of rotatable bonds is 7. The quantitative estimate of drug-likeness (QED) is 0.454. The molecular formula is C12H18ClN3O3. The minimum absolute atomic E-state index is 0. The molecule has 0 saturated carbocycles. The number of halogens is 1. The summed E-state index contributed by atoms with van der Waals surface area (Å²) in [7, 11) is 0. The number of amides is 1. The summed E-state index contributed by atoms with van der Waals surface area (Å²) in [5.41, 5.74) is 0.409. The molecule has 0 aromatic heterocycles. The lowest BCUT2D eigenvalue weighted by molar-refractivity contribution is -0.384. The minimum Gasteiger partial charge on any atom is -0.351 e. The van der Waals surface area contributed by atoms with E-state index in [4.69, 9.17) is 0 Å². The first-order chi connectivity index (χ1) is 8.65. The number of benzene rings is 1. The van der Waals surface area contributed by atoms with Crippen molar-refractivity contribution in [3.8, 4) is 0 Å². The highest BCUT2D eigenvalue weighted by Gasteiger charge is 2.08. The van der Waals surface area contributed by atoms with Gasteiger partial charge in [-0.1, -0.05) is 6.92 Å². The third kappa shape index (κ3) is 6.17. The number of nitro groups is 1. The van der Waals surface area contributed by atoms with E-state index in [-0.39, 0.29) is 24.0 Å². The second-order valence-corrected chi connectivity index (χ2v) is 3.81. The summed E-state index contributed by atoms with van der Waals surface area (Å²) in [5, 5.41) is 16.3. The van der Waals surface area contributed by atoms with Crippen LogP contribution in [-0.4, -0.2) is 30.5 Å². The Bertz CT molecular complexity index is 409. The molecular weight excluding hydrogens is 270 g/mol. The molecule has 106 valence electrons. The zero-order valence-corrected chi connectivity index (χ0v) is 11.5. The van der Waals surface area contributed by atoms with Crippen LogP contribution in [0.1, 0.15) is 23.7 Å². The number of hydrogen-bond donors (Lipinski definition) is 2. The van der Waals surface area contributed by atoms with Gasteiger partial charge in [-0.05, 0) is 25.1 Å². The Kier molecular flexibility index (Phi) is 8.48. The average molecular weight is 288 g/mol. The Morgan fingerprint density at radius 3 is 2.37 bits per heavy atom. The molecule has 0 aliphatic rings. The predicted octanol–water partition coefficient (Wildman–Crippen LogP) is 1.75. The second-order valence-electron chi connectivity index (χ2n) is 3.81. The van der Waals surface area contributed by atoms with E-state index in [1.54, 1.807) is 0 Å². The number of nitrogens with zero attached hydrogens (tertiary/aromatic N) is 1. The summed E-state index contributed by atoms with van der Waals surface area (Å²) in [6.07, 6.45) is 1.05. The van der Waals surface area contributed by atoms with Gasteiger partial charge in [0.2, 0.25) is 0 Å². The van der Waals surface area contributed by atoms with Crippen molar-refractivity contribution in [2.45, 2.75) is 13.3 Å². The van der Waals surface area contributed by atoms with Gasteiger partial charge in [0.25, 0.3) is 11.6 Å². The summed E-state index contributed by atoms with van der Waals surface area (Å²) >= 11 is 0. The van der Waals surface area contributed by atoms with Crippen LogP contribution >= 0.6 is 12.4 Å². The third-order valence-electron chi connectivity index (χ3n) is 2.35. The van der Waals surface area contributed by atoms with E-state index in [1.807, 2.05) is 0 Å². The summed E-state index contributed by atoms with van der Waals surface area (Å²) in [4.78, 5) is 21.6. The topological polar surface area (TPSA) is 84.3 Å². The predicted molar refractivity (Wildman–Crippen MR) is 75.8 cm³/mol.